The Hall–Kier alpha value is -3.30. The maximum Gasteiger partial charge on any atom is 0.416 e. The van der Waals surface area contributed by atoms with Crippen LogP contribution in [0.3, 0.4) is 0 Å². The van der Waals surface area contributed by atoms with E-state index in [1.54, 1.807) is 19.4 Å². The summed E-state index contributed by atoms with van der Waals surface area (Å²) in [4.78, 5) is 11.6. The zero-order chi connectivity index (χ0) is 26.1. The molecule has 2 unspecified atom stereocenters. The molecule has 38 heavy (non-hydrogen) atoms. The van der Waals surface area contributed by atoms with E-state index in [0.717, 1.165) is 56.5 Å². The topological polar surface area (TPSA) is 68.1 Å². The summed E-state index contributed by atoms with van der Waals surface area (Å²) in [6.07, 6.45) is 2.50. The maximum atomic E-state index is 13.4. The highest BCUT2D eigenvalue weighted by Gasteiger charge is 2.70. The van der Waals surface area contributed by atoms with Crippen molar-refractivity contribution < 1.29 is 17.9 Å². The molecule has 2 aliphatic carbocycles. The molecule has 4 aliphatic rings. The van der Waals surface area contributed by atoms with Crippen LogP contribution in [0.25, 0.3) is 0 Å². The second-order valence-electron chi connectivity index (χ2n) is 11.3. The van der Waals surface area contributed by atoms with Crippen LogP contribution in [0, 0.1) is 17.3 Å². The molecule has 3 fully saturated rings. The van der Waals surface area contributed by atoms with Crippen molar-refractivity contribution in [2.24, 2.45) is 17.3 Å². The maximum absolute atomic E-state index is 13.4. The van der Waals surface area contributed by atoms with Gasteiger partial charge in [0.15, 0.2) is 0 Å². The largest absolute Gasteiger partial charge is 0.481 e. The normalized spacial score (nSPS) is 29.8. The Labute approximate surface area is 219 Å². The molecule has 2 aliphatic heterocycles. The zero-order valence-corrected chi connectivity index (χ0v) is 21.3. The number of nitrogens with zero attached hydrogens (tertiary/aromatic N) is 5. The van der Waals surface area contributed by atoms with Gasteiger partial charge in [0.2, 0.25) is 11.8 Å². The fraction of sp³-hybridized carbons (Fsp3) is 0.536. The highest BCUT2D eigenvalue weighted by atomic mass is 19.4. The molecule has 1 spiro atoms. The molecule has 7 rings (SSSR count). The van der Waals surface area contributed by atoms with Gasteiger partial charge in [-0.2, -0.15) is 18.2 Å². The SMILES string of the molecule is COc1cc(N2C[C@H]3[C@H](Nc4nc5n(n4)CCCC[C@@H]5c4cccc(C(F)(F)F)c4)C4CCC43C2)ccn1. The number of aryl methyl sites for hydroxylation is 1. The van der Waals surface area contributed by atoms with Gasteiger partial charge in [-0.05, 0) is 54.7 Å². The van der Waals surface area contributed by atoms with Crippen LogP contribution in [0.2, 0.25) is 0 Å². The number of benzene rings is 1. The first-order valence-corrected chi connectivity index (χ1v) is 13.5. The Kier molecular flexibility index (Phi) is 5.39. The minimum atomic E-state index is -4.36. The van der Waals surface area contributed by atoms with E-state index in [4.69, 9.17) is 14.8 Å². The zero-order valence-electron chi connectivity index (χ0n) is 21.3. The van der Waals surface area contributed by atoms with Gasteiger partial charge in [0.1, 0.15) is 5.82 Å². The first-order valence-electron chi connectivity index (χ1n) is 13.5. The lowest BCUT2D eigenvalue weighted by Crippen LogP contribution is -2.68. The fourth-order valence-corrected chi connectivity index (χ4v) is 7.54. The number of methoxy groups -OCH3 is 1. The van der Waals surface area contributed by atoms with Crippen molar-refractivity contribution in [3.63, 3.8) is 0 Å². The van der Waals surface area contributed by atoms with Crippen LogP contribution in [0.5, 0.6) is 5.88 Å². The summed E-state index contributed by atoms with van der Waals surface area (Å²) in [6.45, 7) is 2.73. The average Bonchev–Trinajstić information content (AvgIpc) is 3.43. The number of hydrogen-bond donors (Lipinski definition) is 1. The van der Waals surface area contributed by atoms with Gasteiger partial charge in [0, 0.05) is 55.5 Å². The Balaban J connectivity index is 1.12. The number of ether oxygens (including phenoxy) is 1. The van der Waals surface area contributed by atoms with E-state index >= 15 is 0 Å². The molecule has 1 saturated heterocycles. The summed E-state index contributed by atoms with van der Waals surface area (Å²) in [5, 5.41) is 8.48. The Bertz CT molecular complexity index is 1360. The predicted octanol–water partition coefficient (Wildman–Crippen LogP) is 5.34. The van der Waals surface area contributed by atoms with Crippen molar-refractivity contribution >= 4 is 11.6 Å². The summed E-state index contributed by atoms with van der Waals surface area (Å²) in [5.41, 5.74) is 1.52. The van der Waals surface area contributed by atoms with Gasteiger partial charge >= 0.3 is 6.18 Å². The lowest BCUT2D eigenvalue weighted by atomic mass is 9.41. The first kappa shape index (κ1) is 23.8. The van der Waals surface area contributed by atoms with E-state index in [-0.39, 0.29) is 5.92 Å². The van der Waals surface area contributed by atoms with Crippen molar-refractivity contribution in [2.45, 2.75) is 56.8 Å². The lowest BCUT2D eigenvalue weighted by molar-refractivity contribution is -0.137. The molecular weight excluding hydrogens is 493 g/mol. The number of hydrogen-bond acceptors (Lipinski definition) is 6. The van der Waals surface area contributed by atoms with E-state index in [0.29, 0.717) is 40.7 Å². The highest BCUT2D eigenvalue weighted by molar-refractivity contribution is 5.52. The summed E-state index contributed by atoms with van der Waals surface area (Å²) in [5.74, 6) is 2.88. The second-order valence-corrected chi connectivity index (χ2v) is 11.3. The standard InChI is InChI=1S/C28H31F3N6O/c1-38-23-14-19(9-11-32-23)36-15-22-24(21-8-10-27(21,22)16-36)33-26-34-25-20(7-2-3-12-37(25)35-26)17-5-4-6-18(13-17)28(29,30)31/h4-6,9,11,13-14,20-22,24H,2-3,7-8,10,12,15-16H2,1H3,(H,33,35)/t20-,21?,22+,24-,27?/m1/s1. The van der Waals surface area contributed by atoms with Crippen molar-refractivity contribution in [1.82, 2.24) is 19.7 Å². The van der Waals surface area contributed by atoms with Crippen LogP contribution >= 0.6 is 0 Å². The molecule has 1 N–H and O–H groups in total. The number of anilines is 2. The molecule has 4 heterocycles. The van der Waals surface area contributed by atoms with Crippen LogP contribution in [0.1, 0.15) is 55.0 Å². The average molecular weight is 525 g/mol. The third-order valence-corrected chi connectivity index (χ3v) is 9.50. The Morgan fingerprint density at radius 2 is 2.00 bits per heavy atom. The molecule has 200 valence electrons. The third-order valence-electron chi connectivity index (χ3n) is 9.50. The molecule has 3 aromatic rings. The number of alkyl halides is 3. The minimum Gasteiger partial charge on any atom is -0.481 e. The van der Waals surface area contributed by atoms with Crippen LogP contribution in [0.15, 0.2) is 42.6 Å². The Morgan fingerprint density at radius 1 is 1.11 bits per heavy atom. The molecule has 5 atom stereocenters. The third kappa shape index (κ3) is 3.66. The van der Waals surface area contributed by atoms with E-state index < -0.39 is 11.7 Å². The molecular formula is C28H31F3N6O. The number of fused-ring (bicyclic) bond motifs is 1. The van der Waals surface area contributed by atoms with Crippen molar-refractivity contribution in [3.05, 3.63) is 59.5 Å². The van der Waals surface area contributed by atoms with Gasteiger partial charge in [0.25, 0.3) is 0 Å². The lowest BCUT2D eigenvalue weighted by Gasteiger charge is -2.65. The van der Waals surface area contributed by atoms with Gasteiger partial charge in [-0.25, -0.2) is 9.67 Å². The second kappa shape index (κ2) is 8.61. The van der Waals surface area contributed by atoms with E-state index in [2.05, 4.69) is 15.2 Å². The Morgan fingerprint density at radius 3 is 2.79 bits per heavy atom. The molecule has 10 heteroatoms. The molecule has 2 saturated carbocycles. The van der Waals surface area contributed by atoms with Crippen molar-refractivity contribution in [3.8, 4) is 5.88 Å². The van der Waals surface area contributed by atoms with Crippen LogP contribution in [0.4, 0.5) is 24.8 Å². The van der Waals surface area contributed by atoms with Gasteiger partial charge in [0.05, 0.1) is 12.7 Å². The van der Waals surface area contributed by atoms with Crippen molar-refractivity contribution in [2.75, 3.05) is 30.4 Å². The van der Waals surface area contributed by atoms with Gasteiger partial charge in [-0.1, -0.05) is 24.6 Å². The van der Waals surface area contributed by atoms with E-state index in [1.807, 2.05) is 16.8 Å². The fourth-order valence-electron chi connectivity index (χ4n) is 7.54. The monoisotopic (exact) mass is 524 g/mol. The van der Waals surface area contributed by atoms with Crippen molar-refractivity contribution in [1.29, 1.82) is 0 Å². The molecule has 1 aromatic carbocycles. The van der Waals surface area contributed by atoms with E-state index in [9.17, 15) is 13.2 Å². The summed E-state index contributed by atoms with van der Waals surface area (Å²) < 4.78 is 47.5. The predicted molar refractivity (Wildman–Crippen MR) is 136 cm³/mol. The smallest absolute Gasteiger partial charge is 0.416 e. The highest BCUT2D eigenvalue weighted by Crippen LogP contribution is 2.68. The summed E-state index contributed by atoms with van der Waals surface area (Å²) in [6, 6.07) is 10.0. The molecule has 0 radical (unpaired) electrons. The van der Waals surface area contributed by atoms with Gasteiger partial charge in [-0.15, -0.1) is 5.10 Å². The quantitative estimate of drug-likeness (QED) is 0.486. The number of halogens is 3. The van der Waals surface area contributed by atoms with Gasteiger partial charge < -0.3 is 15.0 Å². The molecule has 0 bridgehead atoms. The number of aromatic nitrogens is 4. The number of rotatable bonds is 5. The van der Waals surface area contributed by atoms with Crippen LogP contribution in [-0.4, -0.2) is 46.0 Å². The van der Waals surface area contributed by atoms with Crippen LogP contribution < -0.4 is 15.0 Å². The summed E-state index contributed by atoms with van der Waals surface area (Å²) in [7, 11) is 1.64. The summed E-state index contributed by atoms with van der Waals surface area (Å²) >= 11 is 0. The van der Waals surface area contributed by atoms with Gasteiger partial charge in [-0.3, -0.25) is 0 Å². The van der Waals surface area contributed by atoms with E-state index in [1.165, 1.54) is 25.0 Å². The molecule has 0 amide bonds. The number of nitrogens with one attached hydrogen (secondary N) is 1. The first-order chi connectivity index (χ1) is 18.4. The molecule has 2 aromatic heterocycles. The van der Waals surface area contributed by atoms with Crippen LogP contribution in [-0.2, 0) is 12.7 Å². The minimum absolute atomic E-state index is 0.198. The number of pyridine rings is 1. The molecule has 7 nitrogen and oxygen atoms in total.